The van der Waals surface area contributed by atoms with Crippen molar-refractivity contribution in [2.45, 2.75) is 31.8 Å². The lowest BCUT2D eigenvalue weighted by molar-refractivity contribution is 0.593. The molecule has 94 valence electrons. The maximum Gasteiger partial charge on any atom is 0.0542 e. The number of nitrogens with one attached hydrogen (secondary N) is 2. The predicted octanol–water partition coefficient (Wildman–Crippen LogP) is 3.18. The van der Waals surface area contributed by atoms with Crippen molar-refractivity contribution in [3.05, 3.63) is 32.4 Å². The van der Waals surface area contributed by atoms with Gasteiger partial charge in [-0.05, 0) is 72.6 Å². The topological polar surface area (TPSA) is 24.1 Å². The van der Waals surface area contributed by atoms with Crippen molar-refractivity contribution in [1.29, 1.82) is 0 Å². The van der Waals surface area contributed by atoms with Gasteiger partial charge in [-0.3, -0.25) is 0 Å². The molecule has 2 rings (SSSR count). The zero-order valence-corrected chi connectivity index (χ0v) is 12.7. The van der Waals surface area contributed by atoms with Gasteiger partial charge in [-0.15, -0.1) is 0 Å². The van der Waals surface area contributed by atoms with Crippen LogP contribution in [0.15, 0.2) is 18.2 Å². The molecule has 0 heterocycles. The van der Waals surface area contributed by atoms with Crippen molar-refractivity contribution in [3.63, 3.8) is 0 Å². The van der Waals surface area contributed by atoms with Gasteiger partial charge in [0.1, 0.15) is 0 Å². The van der Waals surface area contributed by atoms with Gasteiger partial charge >= 0.3 is 0 Å². The van der Waals surface area contributed by atoms with Crippen LogP contribution in [0.1, 0.15) is 24.8 Å². The average molecular weight is 365 g/mol. The molecule has 0 aromatic heterocycles. The third kappa shape index (κ3) is 5.12. The minimum atomic E-state index is 0.824. The molecule has 0 atom stereocenters. The summed E-state index contributed by atoms with van der Waals surface area (Å²) in [5.74, 6) is 0. The molecule has 0 unspecified atom stereocenters. The first-order chi connectivity index (χ1) is 8.25. The van der Waals surface area contributed by atoms with Crippen LogP contribution in [-0.2, 0) is 6.54 Å². The van der Waals surface area contributed by atoms with E-state index in [-0.39, 0.29) is 0 Å². The normalized spacial score (nSPS) is 15.2. The summed E-state index contributed by atoms with van der Waals surface area (Å²) >= 11 is 8.32. The monoisotopic (exact) mass is 364 g/mol. The van der Waals surface area contributed by atoms with E-state index in [1.807, 2.05) is 6.07 Å². The van der Waals surface area contributed by atoms with Crippen molar-refractivity contribution in [1.82, 2.24) is 10.6 Å². The number of halogens is 2. The molecule has 1 aliphatic rings. The second-order valence-electron chi connectivity index (χ2n) is 4.51. The van der Waals surface area contributed by atoms with E-state index >= 15 is 0 Å². The van der Waals surface area contributed by atoms with Crippen molar-refractivity contribution in [2.24, 2.45) is 0 Å². The molecule has 2 N–H and O–H groups in total. The third-order valence-electron chi connectivity index (χ3n) is 2.85. The Balaban J connectivity index is 1.58. The fourth-order valence-corrected chi connectivity index (χ4v) is 2.23. The van der Waals surface area contributed by atoms with Crippen molar-refractivity contribution in [2.75, 3.05) is 13.1 Å². The highest BCUT2D eigenvalue weighted by molar-refractivity contribution is 14.1. The van der Waals surface area contributed by atoms with Crippen LogP contribution in [0.4, 0.5) is 0 Å². The largest absolute Gasteiger partial charge is 0.314 e. The van der Waals surface area contributed by atoms with E-state index in [0.29, 0.717) is 0 Å². The minimum Gasteiger partial charge on any atom is -0.314 e. The Morgan fingerprint density at radius 3 is 2.82 bits per heavy atom. The lowest BCUT2D eigenvalue weighted by atomic mass is 10.2. The summed E-state index contributed by atoms with van der Waals surface area (Å²) in [6.07, 6.45) is 3.93. The first-order valence-corrected chi connectivity index (χ1v) is 7.59. The lowest BCUT2D eigenvalue weighted by Gasteiger charge is -2.06. The van der Waals surface area contributed by atoms with Crippen molar-refractivity contribution in [3.8, 4) is 0 Å². The van der Waals surface area contributed by atoms with Crippen LogP contribution in [0.5, 0.6) is 0 Å². The van der Waals surface area contributed by atoms with E-state index in [1.54, 1.807) is 0 Å². The highest BCUT2D eigenvalue weighted by Crippen LogP contribution is 2.19. The highest BCUT2D eigenvalue weighted by atomic mass is 127. The second kappa shape index (κ2) is 6.92. The van der Waals surface area contributed by atoms with Crippen LogP contribution in [0.3, 0.4) is 0 Å². The number of rotatable bonds is 7. The van der Waals surface area contributed by atoms with Gasteiger partial charge < -0.3 is 10.6 Å². The van der Waals surface area contributed by atoms with Gasteiger partial charge in [0.2, 0.25) is 0 Å². The zero-order chi connectivity index (χ0) is 12.1. The lowest BCUT2D eigenvalue weighted by Crippen LogP contribution is -2.23. The second-order valence-corrected chi connectivity index (χ2v) is 6.08. The molecule has 1 fully saturated rings. The molecule has 0 saturated heterocycles. The predicted molar refractivity (Wildman–Crippen MR) is 81.5 cm³/mol. The van der Waals surface area contributed by atoms with Gasteiger partial charge in [0, 0.05) is 16.2 Å². The van der Waals surface area contributed by atoms with Gasteiger partial charge in [0.15, 0.2) is 0 Å². The van der Waals surface area contributed by atoms with Gasteiger partial charge in [0.25, 0.3) is 0 Å². The first-order valence-electron chi connectivity index (χ1n) is 6.14. The minimum absolute atomic E-state index is 0.824. The summed E-state index contributed by atoms with van der Waals surface area (Å²) in [6, 6.07) is 7.06. The van der Waals surface area contributed by atoms with Crippen molar-refractivity contribution < 1.29 is 0 Å². The Labute approximate surface area is 122 Å². The summed E-state index contributed by atoms with van der Waals surface area (Å²) in [5.41, 5.74) is 1.26. The summed E-state index contributed by atoms with van der Waals surface area (Å²) in [6.45, 7) is 3.09. The Kier molecular flexibility index (Phi) is 5.53. The number of hydrogen-bond acceptors (Lipinski definition) is 2. The third-order valence-corrected chi connectivity index (χ3v) is 4.43. The summed E-state index contributed by atoms with van der Waals surface area (Å²) in [5, 5.41) is 7.80. The van der Waals surface area contributed by atoms with E-state index in [9.17, 15) is 0 Å². The quantitative estimate of drug-likeness (QED) is 0.573. The van der Waals surface area contributed by atoms with E-state index in [4.69, 9.17) is 11.6 Å². The molecular formula is C13H18ClIN2. The van der Waals surface area contributed by atoms with E-state index in [2.05, 4.69) is 45.4 Å². The van der Waals surface area contributed by atoms with Gasteiger partial charge in [0.05, 0.1) is 5.02 Å². The molecule has 0 bridgehead atoms. The van der Waals surface area contributed by atoms with E-state index in [0.717, 1.165) is 34.3 Å². The number of benzene rings is 1. The molecule has 2 nitrogen and oxygen atoms in total. The molecule has 4 heteroatoms. The Hall–Kier alpha value is 0.160. The molecule has 1 aliphatic carbocycles. The molecular weight excluding hydrogens is 347 g/mol. The highest BCUT2D eigenvalue weighted by Gasteiger charge is 2.19. The average Bonchev–Trinajstić information content (AvgIpc) is 3.12. The summed E-state index contributed by atoms with van der Waals surface area (Å²) < 4.78 is 1.11. The maximum absolute atomic E-state index is 6.07. The molecule has 0 amide bonds. The molecule has 17 heavy (non-hydrogen) atoms. The molecule has 1 aromatic carbocycles. The Morgan fingerprint density at radius 2 is 2.12 bits per heavy atom. The fourth-order valence-electron chi connectivity index (χ4n) is 1.69. The molecule has 0 spiro atoms. The first kappa shape index (κ1) is 13.6. The van der Waals surface area contributed by atoms with Gasteiger partial charge in [-0.25, -0.2) is 0 Å². The van der Waals surface area contributed by atoms with Gasteiger partial charge in [-0.2, -0.15) is 0 Å². The molecule has 1 saturated carbocycles. The smallest absolute Gasteiger partial charge is 0.0542 e. The van der Waals surface area contributed by atoms with Crippen LogP contribution in [0, 0.1) is 3.57 Å². The molecule has 1 aromatic rings. The van der Waals surface area contributed by atoms with Crippen molar-refractivity contribution >= 4 is 34.2 Å². The van der Waals surface area contributed by atoms with Crippen LogP contribution in [-0.4, -0.2) is 19.1 Å². The Morgan fingerprint density at radius 1 is 1.29 bits per heavy atom. The van der Waals surface area contributed by atoms with Crippen LogP contribution in [0.25, 0.3) is 0 Å². The SMILES string of the molecule is Clc1cc(CNCCCNC2CC2)ccc1I. The van der Waals surface area contributed by atoms with Crippen LogP contribution in [0.2, 0.25) is 5.02 Å². The molecule has 0 radical (unpaired) electrons. The number of hydrogen-bond donors (Lipinski definition) is 2. The summed E-state index contributed by atoms with van der Waals surface area (Å²) in [7, 11) is 0. The van der Waals surface area contributed by atoms with Crippen LogP contribution >= 0.6 is 34.2 Å². The Bertz CT molecular complexity index is 366. The van der Waals surface area contributed by atoms with E-state index < -0.39 is 0 Å². The maximum atomic E-state index is 6.07. The van der Waals surface area contributed by atoms with Gasteiger partial charge in [-0.1, -0.05) is 17.7 Å². The van der Waals surface area contributed by atoms with E-state index in [1.165, 1.54) is 24.8 Å². The standard InChI is InChI=1S/C13H18ClIN2/c14-12-8-10(2-5-13(12)15)9-16-6-1-7-17-11-3-4-11/h2,5,8,11,16-17H,1,3-4,6-7,9H2. The fraction of sp³-hybridized carbons (Fsp3) is 0.538. The zero-order valence-electron chi connectivity index (χ0n) is 9.81. The molecule has 0 aliphatic heterocycles. The summed E-state index contributed by atoms with van der Waals surface area (Å²) in [4.78, 5) is 0. The van der Waals surface area contributed by atoms with Crippen LogP contribution < -0.4 is 10.6 Å².